The van der Waals surface area contributed by atoms with E-state index in [0.717, 1.165) is 11.3 Å². The van der Waals surface area contributed by atoms with Gasteiger partial charge in [0.1, 0.15) is 6.54 Å². The van der Waals surface area contributed by atoms with Crippen molar-refractivity contribution in [3.63, 3.8) is 0 Å². The van der Waals surface area contributed by atoms with Crippen LogP contribution in [0.4, 0.5) is 5.69 Å². The van der Waals surface area contributed by atoms with Crippen molar-refractivity contribution >= 4 is 11.7 Å². The topological polar surface area (TPSA) is 58.4 Å². The van der Waals surface area contributed by atoms with Crippen molar-refractivity contribution in [2.75, 3.05) is 11.4 Å². The lowest BCUT2D eigenvalue weighted by atomic mass is 10.2. The number of aryl methyl sites for hydroxylation is 1. The third-order valence-electron chi connectivity index (χ3n) is 2.58. The average molecular weight is 245 g/mol. The largest absolute Gasteiger partial charge is 0.480 e. The van der Waals surface area contributed by atoms with Gasteiger partial charge in [0, 0.05) is 31.0 Å². The van der Waals surface area contributed by atoms with Crippen LogP contribution in [0.25, 0.3) is 0 Å². The molecule has 1 heterocycles. The third-order valence-corrected chi connectivity index (χ3v) is 2.58. The molecule has 0 saturated carbocycles. The van der Waals surface area contributed by atoms with E-state index in [-0.39, 0.29) is 6.54 Å². The Morgan fingerprint density at radius 2 is 2.11 bits per heavy atom. The molecule has 1 aromatic heterocycles. The second-order valence-electron chi connectivity index (χ2n) is 4.11. The van der Waals surface area contributed by atoms with Gasteiger partial charge in [-0.25, -0.2) is 0 Å². The molecule has 0 aliphatic carbocycles. The third kappa shape index (κ3) is 3.10. The summed E-state index contributed by atoms with van der Waals surface area (Å²) in [6, 6.07) is 9.51. The van der Waals surface area contributed by atoms with Crippen LogP contribution in [-0.4, -0.2) is 27.4 Å². The molecule has 0 amide bonds. The summed E-state index contributed by atoms with van der Waals surface area (Å²) in [4.78, 5) is 12.7. The van der Waals surface area contributed by atoms with E-state index in [1.54, 1.807) is 15.8 Å². The first-order chi connectivity index (χ1) is 8.65. The lowest BCUT2D eigenvalue weighted by molar-refractivity contribution is -0.135. The number of aromatic nitrogens is 2. The van der Waals surface area contributed by atoms with E-state index in [1.165, 1.54) is 0 Å². The predicted molar refractivity (Wildman–Crippen MR) is 68.3 cm³/mol. The van der Waals surface area contributed by atoms with E-state index in [0.29, 0.717) is 6.54 Å². The Morgan fingerprint density at radius 3 is 2.67 bits per heavy atom. The minimum atomic E-state index is -0.845. The molecule has 0 spiro atoms. The van der Waals surface area contributed by atoms with Gasteiger partial charge in [0.25, 0.3) is 0 Å². The quantitative estimate of drug-likeness (QED) is 0.867. The Morgan fingerprint density at radius 1 is 1.39 bits per heavy atom. The summed E-state index contributed by atoms with van der Waals surface area (Å²) < 4.78 is 1.71. The van der Waals surface area contributed by atoms with Gasteiger partial charge in [-0.1, -0.05) is 18.2 Å². The summed E-state index contributed by atoms with van der Waals surface area (Å²) >= 11 is 0. The van der Waals surface area contributed by atoms with Crippen LogP contribution < -0.4 is 4.90 Å². The number of carboxylic acid groups (broad SMARTS) is 1. The van der Waals surface area contributed by atoms with Crippen LogP contribution >= 0.6 is 0 Å². The predicted octanol–water partition coefficient (Wildman–Crippen LogP) is 1.51. The zero-order chi connectivity index (χ0) is 13.0. The fraction of sp³-hybridized carbons (Fsp3) is 0.231. The normalized spacial score (nSPS) is 10.3. The number of carbonyl (C=O) groups is 1. The van der Waals surface area contributed by atoms with E-state index < -0.39 is 5.97 Å². The van der Waals surface area contributed by atoms with Gasteiger partial charge in [-0.3, -0.25) is 9.48 Å². The summed E-state index contributed by atoms with van der Waals surface area (Å²) in [6.45, 7) is 0.503. The maximum atomic E-state index is 10.9. The Kier molecular flexibility index (Phi) is 3.62. The van der Waals surface area contributed by atoms with Crippen LogP contribution in [0.2, 0.25) is 0 Å². The number of rotatable bonds is 5. The van der Waals surface area contributed by atoms with Crippen LogP contribution in [-0.2, 0) is 18.4 Å². The first-order valence-electron chi connectivity index (χ1n) is 5.64. The zero-order valence-electron chi connectivity index (χ0n) is 10.2. The minimum absolute atomic E-state index is 0.0289. The van der Waals surface area contributed by atoms with Crippen LogP contribution in [0.3, 0.4) is 0 Å². The van der Waals surface area contributed by atoms with Gasteiger partial charge >= 0.3 is 5.97 Å². The van der Waals surface area contributed by atoms with Crippen LogP contribution in [0.15, 0.2) is 42.7 Å². The Labute approximate surface area is 105 Å². The molecule has 0 bridgehead atoms. The molecule has 94 valence electrons. The summed E-state index contributed by atoms with van der Waals surface area (Å²) in [5, 5.41) is 13.1. The molecule has 2 aromatic rings. The number of hydrogen-bond acceptors (Lipinski definition) is 3. The molecule has 1 N–H and O–H groups in total. The Balaban J connectivity index is 2.18. The SMILES string of the molecule is Cn1cc(CN(CC(=O)O)c2ccccc2)cn1. The lowest BCUT2D eigenvalue weighted by Gasteiger charge is -2.22. The number of anilines is 1. The molecule has 0 unspecified atom stereocenters. The molecule has 5 nitrogen and oxygen atoms in total. The number of nitrogens with zero attached hydrogens (tertiary/aromatic N) is 3. The van der Waals surface area contributed by atoms with E-state index in [4.69, 9.17) is 5.11 Å². The van der Waals surface area contributed by atoms with Crippen molar-refractivity contribution in [3.8, 4) is 0 Å². The van der Waals surface area contributed by atoms with Gasteiger partial charge in [-0.2, -0.15) is 5.10 Å². The highest BCUT2D eigenvalue weighted by Gasteiger charge is 2.11. The van der Waals surface area contributed by atoms with Crippen LogP contribution in [0.5, 0.6) is 0 Å². The molecule has 18 heavy (non-hydrogen) atoms. The number of hydrogen-bond donors (Lipinski definition) is 1. The smallest absolute Gasteiger partial charge is 0.323 e. The first kappa shape index (κ1) is 12.2. The number of benzene rings is 1. The van der Waals surface area contributed by atoms with E-state index in [2.05, 4.69) is 5.10 Å². The molecule has 1 aromatic carbocycles. The second-order valence-corrected chi connectivity index (χ2v) is 4.11. The Bertz CT molecular complexity index is 522. The van der Waals surface area contributed by atoms with E-state index in [9.17, 15) is 4.79 Å². The highest BCUT2D eigenvalue weighted by Crippen LogP contribution is 2.16. The highest BCUT2D eigenvalue weighted by molar-refractivity contribution is 5.73. The minimum Gasteiger partial charge on any atom is -0.480 e. The molecular formula is C13H15N3O2. The van der Waals surface area contributed by atoms with Gasteiger partial charge in [-0.05, 0) is 12.1 Å². The van der Waals surface area contributed by atoms with Gasteiger partial charge in [-0.15, -0.1) is 0 Å². The number of carboxylic acids is 1. The highest BCUT2D eigenvalue weighted by atomic mass is 16.4. The zero-order valence-corrected chi connectivity index (χ0v) is 10.2. The van der Waals surface area contributed by atoms with Crippen LogP contribution in [0.1, 0.15) is 5.56 Å². The second kappa shape index (κ2) is 5.35. The monoisotopic (exact) mass is 245 g/mol. The van der Waals surface area contributed by atoms with Crippen molar-refractivity contribution in [2.24, 2.45) is 7.05 Å². The van der Waals surface area contributed by atoms with Gasteiger partial charge in [0.2, 0.25) is 0 Å². The van der Waals surface area contributed by atoms with Crippen molar-refractivity contribution in [3.05, 3.63) is 48.3 Å². The molecular weight excluding hydrogens is 230 g/mol. The molecule has 0 fully saturated rings. The van der Waals surface area contributed by atoms with Crippen molar-refractivity contribution in [2.45, 2.75) is 6.54 Å². The van der Waals surface area contributed by atoms with Gasteiger partial charge in [0.15, 0.2) is 0 Å². The molecule has 2 rings (SSSR count). The van der Waals surface area contributed by atoms with Gasteiger partial charge < -0.3 is 10.0 Å². The maximum Gasteiger partial charge on any atom is 0.323 e. The lowest BCUT2D eigenvalue weighted by Crippen LogP contribution is -2.28. The molecule has 0 radical (unpaired) electrons. The van der Waals surface area contributed by atoms with Crippen molar-refractivity contribution in [1.29, 1.82) is 0 Å². The summed E-state index contributed by atoms with van der Waals surface area (Å²) in [7, 11) is 1.84. The number of aliphatic carboxylic acids is 1. The summed E-state index contributed by atoms with van der Waals surface area (Å²) in [5.74, 6) is -0.845. The fourth-order valence-corrected chi connectivity index (χ4v) is 1.81. The van der Waals surface area contributed by atoms with Gasteiger partial charge in [0.05, 0.1) is 6.20 Å². The van der Waals surface area contributed by atoms with Crippen molar-refractivity contribution in [1.82, 2.24) is 9.78 Å². The first-order valence-corrected chi connectivity index (χ1v) is 5.64. The molecule has 5 heteroatoms. The molecule has 0 aliphatic heterocycles. The molecule has 0 aliphatic rings. The fourth-order valence-electron chi connectivity index (χ4n) is 1.81. The summed E-state index contributed by atoms with van der Waals surface area (Å²) in [6.07, 6.45) is 3.63. The van der Waals surface area contributed by atoms with Crippen molar-refractivity contribution < 1.29 is 9.90 Å². The average Bonchev–Trinajstić information content (AvgIpc) is 2.75. The number of para-hydroxylation sites is 1. The van der Waals surface area contributed by atoms with Crippen LogP contribution in [0, 0.1) is 0 Å². The summed E-state index contributed by atoms with van der Waals surface area (Å²) in [5.41, 5.74) is 1.88. The van der Waals surface area contributed by atoms with E-state index in [1.807, 2.05) is 43.6 Å². The standard InChI is InChI=1S/C13H15N3O2/c1-15-8-11(7-14-15)9-16(10-13(17)18)12-5-3-2-4-6-12/h2-8H,9-10H2,1H3,(H,17,18). The molecule has 0 atom stereocenters. The Hall–Kier alpha value is -2.30. The molecule has 0 saturated heterocycles. The van der Waals surface area contributed by atoms with E-state index >= 15 is 0 Å². The maximum absolute atomic E-state index is 10.9.